The highest BCUT2D eigenvalue weighted by Gasteiger charge is 2.33. The highest BCUT2D eigenvalue weighted by atomic mass is 16.4. The minimum Gasteiger partial charge on any atom is -0.481 e. The van der Waals surface area contributed by atoms with Gasteiger partial charge in [0.25, 0.3) is 5.91 Å². The molecule has 7 N–H and O–H groups in total. The number of aliphatic carboxylic acids is 2. The van der Waals surface area contributed by atoms with Crippen molar-refractivity contribution in [3.05, 3.63) is 35.9 Å². The van der Waals surface area contributed by atoms with Gasteiger partial charge in [-0.05, 0) is 26.0 Å². The molecule has 0 aliphatic carbocycles. The summed E-state index contributed by atoms with van der Waals surface area (Å²) in [6.07, 6.45) is -1.68. The number of likely N-dealkylation sites (N-methyl/N-ethyl adjacent to an activating group) is 1. The van der Waals surface area contributed by atoms with Crippen LogP contribution in [0, 0.1) is 0 Å². The molecule has 1 rings (SSSR count). The van der Waals surface area contributed by atoms with E-state index in [0.717, 1.165) is 0 Å². The van der Waals surface area contributed by atoms with E-state index in [1.54, 1.807) is 30.3 Å². The molecule has 32 heavy (non-hydrogen) atoms. The van der Waals surface area contributed by atoms with Crippen molar-refractivity contribution < 1.29 is 39.3 Å². The lowest BCUT2D eigenvalue weighted by Gasteiger charge is -2.24. The van der Waals surface area contributed by atoms with Gasteiger partial charge in [0.05, 0.1) is 6.04 Å². The van der Waals surface area contributed by atoms with Gasteiger partial charge in [0, 0.05) is 12.8 Å². The average Bonchev–Trinajstić information content (AvgIpc) is 2.71. The largest absolute Gasteiger partial charge is 0.481 e. The first-order valence-electron chi connectivity index (χ1n) is 9.80. The van der Waals surface area contributed by atoms with Crippen LogP contribution in [0.2, 0.25) is 0 Å². The number of carbonyl (C=O) groups excluding carboxylic acids is 3. The van der Waals surface area contributed by atoms with Gasteiger partial charge in [-0.15, -0.1) is 0 Å². The smallest absolute Gasteiger partial charge is 0.336 e. The number of rotatable bonds is 13. The van der Waals surface area contributed by atoms with E-state index in [-0.39, 0.29) is 19.3 Å². The fourth-order valence-electron chi connectivity index (χ4n) is 2.78. The van der Waals surface area contributed by atoms with Gasteiger partial charge in [0.2, 0.25) is 17.9 Å². The van der Waals surface area contributed by atoms with Gasteiger partial charge in [-0.2, -0.15) is 0 Å². The van der Waals surface area contributed by atoms with Crippen LogP contribution in [-0.4, -0.2) is 76.4 Å². The molecular weight excluding hydrogens is 424 g/mol. The number of carboxylic acids is 2. The Morgan fingerprint density at radius 1 is 0.875 bits per heavy atom. The van der Waals surface area contributed by atoms with Gasteiger partial charge in [-0.3, -0.25) is 19.2 Å². The van der Waals surface area contributed by atoms with E-state index < -0.39 is 54.0 Å². The Morgan fingerprint density at radius 3 is 1.97 bits per heavy atom. The number of benzene rings is 1. The Morgan fingerprint density at radius 2 is 1.47 bits per heavy atom. The van der Waals surface area contributed by atoms with Gasteiger partial charge in [0.15, 0.2) is 0 Å². The predicted molar refractivity (Wildman–Crippen MR) is 111 cm³/mol. The Hall–Kier alpha value is -3.51. The lowest BCUT2D eigenvalue weighted by atomic mass is 10.0. The summed E-state index contributed by atoms with van der Waals surface area (Å²) in [7, 11) is 1.46. The van der Waals surface area contributed by atoms with E-state index in [1.807, 2.05) is 5.32 Å². The Labute approximate surface area is 184 Å². The van der Waals surface area contributed by atoms with Gasteiger partial charge in [-0.1, -0.05) is 30.3 Å². The number of hydrogen-bond acceptors (Lipinski definition) is 7. The molecule has 3 amide bonds. The van der Waals surface area contributed by atoms with Gasteiger partial charge < -0.3 is 36.6 Å². The average molecular weight is 452 g/mol. The standard InChI is InChI=1S/C20H28N4O8/c1-11(25)22-19(30)16(20(31)32)24-18(29)14(10-12-6-4-3-5-7-12)23-17(28)13(21-2)8-9-15(26)27/h3-7,11,13-14,16,21,25H,8-10H2,1-2H3,(H,22,30)(H,23,28)(H,24,29)(H,26,27)(H,31,32). The highest BCUT2D eigenvalue weighted by Crippen LogP contribution is 2.06. The molecule has 0 bridgehead atoms. The molecule has 176 valence electrons. The zero-order valence-electron chi connectivity index (χ0n) is 17.7. The molecule has 4 unspecified atom stereocenters. The minimum absolute atomic E-state index is 0.0157. The fraction of sp³-hybridized carbons (Fsp3) is 0.450. The molecular formula is C20H28N4O8. The van der Waals surface area contributed by atoms with Crippen LogP contribution in [0.4, 0.5) is 0 Å². The van der Waals surface area contributed by atoms with E-state index in [2.05, 4.69) is 16.0 Å². The second-order valence-corrected chi connectivity index (χ2v) is 6.99. The molecule has 0 fully saturated rings. The maximum atomic E-state index is 12.8. The van der Waals surface area contributed by atoms with E-state index in [0.29, 0.717) is 5.56 Å². The van der Waals surface area contributed by atoms with Crippen LogP contribution in [0.15, 0.2) is 30.3 Å². The zero-order chi connectivity index (χ0) is 24.3. The van der Waals surface area contributed by atoms with Crippen molar-refractivity contribution in [3.63, 3.8) is 0 Å². The number of nitrogens with one attached hydrogen (secondary N) is 4. The lowest BCUT2D eigenvalue weighted by molar-refractivity contribution is -0.147. The Bertz CT molecular complexity index is 815. The van der Waals surface area contributed by atoms with Crippen molar-refractivity contribution >= 4 is 29.7 Å². The molecule has 0 aliphatic heterocycles. The Balaban J connectivity index is 3.04. The molecule has 12 heteroatoms. The molecule has 0 saturated heterocycles. The minimum atomic E-state index is -2.00. The number of hydrogen-bond donors (Lipinski definition) is 7. The van der Waals surface area contributed by atoms with Crippen LogP contribution in [0.1, 0.15) is 25.3 Å². The summed E-state index contributed by atoms with van der Waals surface area (Å²) in [5, 5.41) is 36.6. The Kier molecular flexibility index (Phi) is 10.8. The van der Waals surface area contributed by atoms with Gasteiger partial charge in [-0.25, -0.2) is 4.79 Å². The van der Waals surface area contributed by atoms with Crippen LogP contribution >= 0.6 is 0 Å². The maximum Gasteiger partial charge on any atom is 0.336 e. The second-order valence-electron chi connectivity index (χ2n) is 6.99. The summed E-state index contributed by atoms with van der Waals surface area (Å²) >= 11 is 0. The predicted octanol–water partition coefficient (Wildman–Crippen LogP) is -1.81. The van der Waals surface area contributed by atoms with Crippen molar-refractivity contribution in [2.75, 3.05) is 7.05 Å². The molecule has 1 aromatic carbocycles. The molecule has 0 spiro atoms. The van der Waals surface area contributed by atoms with E-state index in [4.69, 9.17) is 5.11 Å². The number of aliphatic hydroxyl groups excluding tert-OH is 1. The molecule has 0 saturated carbocycles. The van der Waals surface area contributed by atoms with Crippen molar-refractivity contribution in [2.24, 2.45) is 0 Å². The molecule has 0 aromatic heterocycles. The molecule has 1 aromatic rings. The fourth-order valence-corrected chi connectivity index (χ4v) is 2.78. The number of aliphatic hydroxyl groups is 1. The molecule has 0 radical (unpaired) electrons. The highest BCUT2D eigenvalue weighted by molar-refractivity contribution is 6.05. The zero-order valence-corrected chi connectivity index (χ0v) is 17.7. The molecule has 0 heterocycles. The topological polar surface area (TPSA) is 194 Å². The van der Waals surface area contributed by atoms with Crippen LogP contribution < -0.4 is 21.3 Å². The number of carboxylic acid groups (broad SMARTS) is 2. The maximum absolute atomic E-state index is 12.8. The summed E-state index contributed by atoms with van der Waals surface area (Å²) in [4.78, 5) is 59.7. The summed E-state index contributed by atoms with van der Waals surface area (Å²) < 4.78 is 0. The summed E-state index contributed by atoms with van der Waals surface area (Å²) in [5.41, 5.74) is 0.653. The third kappa shape index (κ3) is 9.10. The molecule has 0 aliphatic rings. The van der Waals surface area contributed by atoms with Crippen molar-refractivity contribution in [2.45, 2.75) is 50.5 Å². The van der Waals surface area contributed by atoms with Crippen molar-refractivity contribution in [3.8, 4) is 0 Å². The first-order chi connectivity index (χ1) is 15.0. The van der Waals surface area contributed by atoms with Crippen LogP contribution in [0.5, 0.6) is 0 Å². The second kappa shape index (κ2) is 13.0. The summed E-state index contributed by atoms with van der Waals surface area (Å²) in [6.45, 7) is 1.20. The van der Waals surface area contributed by atoms with Crippen molar-refractivity contribution in [1.29, 1.82) is 0 Å². The normalized spacial score (nSPS) is 14.3. The third-order valence-electron chi connectivity index (χ3n) is 4.37. The van der Waals surface area contributed by atoms with Gasteiger partial charge in [0.1, 0.15) is 12.3 Å². The quantitative estimate of drug-likeness (QED) is 0.133. The van der Waals surface area contributed by atoms with Crippen LogP contribution in [0.3, 0.4) is 0 Å². The SMILES string of the molecule is CNC(CCC(=O)O)C(=O)NC(Cc1ccccc1)C(=O)NC(C(=O)O)C(=O)NC(C)O. The number of amides is 3. The number of carbonyl (C=O) groups is 5. The first-order valence-corrected chi connectivity index (χ1v) is 9.80. The van der Waals surface area contributed by atoms with E-state index in [9.17, 15) is 34.2 Å². The third-order valence-corrected chi connectivity index (χ3v) is 4.37. The monoisotopic (exact) mass is 452 g/mol. The van der Waals surface area contributed by atoms with Gasteiger partial charge >= 0.3 is 11.9 Å². The lowest BCUT2D eigenvalue weighted by Crippen LogP contribution is -2.59. The summed E-state index contributed by atoms with van der Waals surface area (Å²) in [5.74, 6) is -5.49. The molecule has 12 nitrogen and oxygen atoms in total. The van der Waals surface area contributed by atoms with Crippen molar-refractivity contribution in [1.82, 2.24) is 21.3 Å². The summed E-state index contributed by atoms with van der Waals surface area (Å²) in [6, 6.07) is 4.40. The molecule has 4 atom stereocenters. The van der Waals surface area contributed by atoms with E-state index >= 15 is 0 Å². The van der Waals surface area contributed by atoms with Crippen LogP contribution in [-0.2, 0) is 30.4 Å². The first kappa shape index (κ1) is 26.5. The van der Waals surface area contributed by atoms with E-state index in [1.165, 1.54) is 14.0 Å². The van der Waals surface area contributed by atoms with Crippen LogP contribution in [0.25, 0.3) is 0 Å².